The SMILES string of the molecule is C=CC1C=CC(C(=C)SC2=CC=CC3=CC=CC(C)C32)CC1. The maximum Gasteiger partial charge on any atom is 0.0213 e. The summed E-state index contributed by atoms with van der Waals surface area (Å²) in [5, 5.41) is 0. The third-order valence-corrected chi connectivity index (χ3v) is 6.00. The van der Waals surface area contributed by atoms with Crippen LogP contribution in [-0.2, 0) is 0 Å². The summed E-state index contributed by atoms with van der Waals surface area (Å²) in [6.07, 6.45) is 22.5. The van der Waals surface area contributed by atoms with Gasteiger partial charge in [0.1, 0.15) is 0 Å². The van der Waals surface area contributed by atoms with Crippen LogP contribution in [0.5, 0.6) is 0 Å². The van der Waals surface area contributed by atoms with Crippen molar-refractivity contribution in [1.29, 1.82) is 0 Å². The Morgan fingerprint density at radius 2 is 2.05 bits per heavy atom. The standard InChI is InChI=1S/C21H24S/c1-4-17-11-13-18(14-12-17)16(3)22-20-10-6-9-19-8-5-7-15(2)21(19)20/h4-11,13,15,17-18,21H,1,3,12,14H2,2H3. The Morgan fingerprint density at radius 1 is 1.18 bits per heavy atom. The van der Waals surface area contributed by atoms with E-state index in [-0.39, 0.29) is 0 Å². The summed E-state index contributed by atoms with van der Waals surface area (Å²) in [6.45, 7) is 10.6. The van der Waals surface area contributed by atoms with Crippen molar-refractivity contribution >= 4 is 11.8 Å². The minimum atomic E-state index is 0.495. The molecule has 22 heavy (non-hydrogen) atoms. The molecule has 0 saturated heterocycles. The van der Waals surface area contributed by atoms with Crippen molar-refractivity contribution in [2.45, 2.75) is 19.8 Å². The molecule has 0 amide bonds. The van der Waals surface area contributed by atoms with Gasteiger partial charge in [-0.3, -0.25) is 0 Å². The molecule has 4 atom stereocenters. The highest BCUT2D eigenvalue weighted by molar-refractivity contribution is 8.06. The smallest absolute Gasteiger partial charge is 0.0213 e. The molecular formula is C21H24S. The van der Waals surface area contributed by atoms with Gasteiger partial charge in [-0.05, 0) is 40.1 Å². The van der Waals surface area contributed by atoms with Crippen LogP contribution in [0.3, 0.4) is 0 Å². The fraction of sp³-hybridized carbons (Fsp3) is 0.333. The second-order valence-electron chi connectivity index (χ2n) is 6.35. The Morgan fingerprint density at radius 3 is 2.77 bits per heavy atom. The van der Waals surface area contributed by atoms with Gasteiger partial charge in [-0.2, -0.15) is 0 Å². The van der Waals surface area contributed by atoms with Crippen LogP contribution in [0, 0.1) is 23.7 Å². The van der Waals surface area contributed by atoms with Crippen LogP contribution in [0.15, 0.2) is 83.2 Å². The molecule has 0 N–H and O–H groups in total. The predicted octanol–water partition coefficient (Wildman–Crippen LogP) is 6.20. The molecule has 0 nitrogen and oxygen atoms in total. The minimum absolute atomic E-state index is 0.495. The molecule has 0 fully saturated rings. The Kier molecular flexibility index (Phi) is 4.73. The normalized spacial score (nSPS) is 33.0. The summed E-state index contributed by atoms with van der Waals surface area (Å²) >= 11 is 1.89. The van der Waals surface area contributed by atoms with E-state index in [1.807, 2.05) is 17.8 Å². The van der Waals surface area contributed by atoms with E-state index in [0.717, 1.165) is 0 Å². The lowest BCUT2D eigenvalue weighted by atomic mass is 9.81. The lowest BCUT2D eigenvalue weighted by molar-refractivity contribution is 0.558. The van der Waals surface area contributed by atoms with Gasteiger partial charge in [0.2, 0.25) is 0 Å². The molecule has 0 bridgehead atoms. The zero-order valence-electron chi connectivity index (χ0n) is 13.2. The topological polar surface area (TPSA) is 0 Å². The van der Waals surface area contributed by atoms with Crippen molar-refractivity contribution in [3.05, 3.63) is 83.2 Å². The van der Waals surface area contributed by atoms with Gasteiger partial charge in [-0.15, -0.1) is 6.58 Å². The van der Waals surface area contributed by atoms with E-state index in [2.05, 4.69) is 68.7 Å². The van der Waals surface area contributed by atoms with Crippen molar-refractivity contribution in [3.63, 3.8) is 0 Å². The maximum atomic E-state index is 4.37. The predicted molar refractivity (Wildman–Crippen MR) is 99.4 cm³/mol. The summed E-state index contributed by atoms with van der Waals surface area (Å²) < 4.78 is 0. The molecule has 0 spiro atoms. The van der Waals surface area contributed by atoms with Gasteiger partial charge in [0, 0.05) is 11.8 Å². The first-order valence-electron chi connectivity index (χ1n) is 8.13. The third-order valence-electron chi connectivity index (χ3n) is 4.81. The second-order valence-corrected chi connectivity index (χ2v) is 7.55. The van der Waals surface area contributed by atoms with Gasteiger partial charge >= 0.3 is 0 Å². The van der Waals surface area contributed by atoms with Gasteiger partial charge in [-0.1, -0.05) is 79.9 Å². The molecule has 3 rings (SSSR count). The minimum Gasteiger partial charge on any atom is -0.102 e. The number of hydrogen-bond donors (Lipinski definition) is 0. The largest absolute Gasteiger partial charge is 0.102 e. The highest BCUT2D eigenvalue weighted by atomic mass is 32.2. The number of allylic oxidation sites excluding steroid dienone is 12. The number of thioether (sulfide) groups is 1. The average molecular weight is 308 g/mol. The van der Waals surface area contributed by atoms with E-state index in [1.165, 1.54) is 28.2 Å². The summed E-state index contributed by atoms with van der Waals surface area (Å²) in [7, 11) is 0. The van der Waals surface area contributed by atoms with Crippen molar-refractivity contribution in [3.8, 4) is 0 Å². The zero-order chi connectivity index (χ0) is 15.5. The van der Waals surface area contributed by atoms with Crippen molar-refractivity contribution < 1.29 is 0 Å². The Bertz CT molecular complexity index is 612. The van der Waals surface area contributed by atoms with E-state index in [0.29, 0.717) is 23.7 Å². The monoisotopic (exact) mass is 308 g/mol. The fourth-order valence-electron chi connectivity index (χ4n) is 3.43. The molecule has 0 aromatic rings. The van der Waals surface area contributed by atoms with Gasteiger partial charge in [0.15, 0.2) is 0 Å². The molecular weight excluding hydrogens is 284 g/mol. The van der Waals surface area contributed by atoms with Gasteiger partial charge in [0.05, 0.1) is 0 Å². The zero-order valence-corrected chi connectivity index (χ0v) is 14.1. The average Bonchev–Trinajstić information content (AvgIpc) is 2.55. The van der Waals surface area contributed by atoms with E-state index in [1.54, 1.807) is 0 Å². The Labute approximate surface area is 138 Å². The summed E-state index contributed by atoms with van der Waals surface area (Å²) in [5.41, 5.74) is 1.43. The molecule has 0 radical (unpaired) electrons. The van der Waals surface area contributed by atoms with Crippen LogP contribution in [0.1, 0.15) is 19.8 Å². The summed E-state index contributed by atoms with van der Waals surface area (Å²) in [6, 6.07) is 0. The molecule has 1 heteroatoms. The van der Waals surface area contributed by atoms with Gasteiger partial charge < -0.3 is 0 Å². The first kappa shape index (κ1) is 15.4. The first-order chi connectivity index (χ1) is 10.7. The van der Waals surface area contributed by atoms with E-state index in [9.17, 15) is 0 Å². The van der Waals surface area contributed by atoms with Gasteiger partial charge in [0.25, 0.3) is 0 Å². The lowest BCUT2D eigenvalue weighted by Gasteiger charge is -2.31. The molecule has 114 valence electrons. The first-order valence-corrected chi connectivity index (χ1v) is 8.95. The molecule has 0 heterocycles. The lowest BCUT2D eigenvalue weighted by Crippen LogP contribution is -2.18. The number of fused-ring (bicyclic) bond motifs is 1. The van der Waals surface area contributed by atoms with Crippen LogP contribution >= 0.6 is 11.8 Å². The van der Waals surface area contributed by atoms with Crippen LogP contribution in [0.4, 0.5) is 0 Å². The second kappa shape index (κ2) is 6.75. The van der Waals surface area contributed by atoms with Crippen molar-refractivity contribution in [2.24, 2.45) is 23.7 Å². The van der Waals surface area contributed by atoms with E-state index in [4.69, 9.17) is 0 Å². The Hall–Kier alpha value is -1.47. The van der Waals surface area contributed by atoms with Gasteiger partial charge in [-0.25, -0.2) is 0 Å². The van der Waals surface area contributed by atoms with E-state index < -0.39 is 0 Å². The van der Waals surface area contributed by atoms with Crippen molar-refractivity contribution in [1.82, 2.24) is 0 Å². The van der Waals surface area contributed by atoms with Crippen LogP contribution in [0.2, 0.25) is 0 Å². The summed E-state index contributed by atoms with van der Waals surface area (Å²) in [5.74, 6) is 2.10. The maximum absolute atomic E-state index is 4.37. The van der Waals surface area contributed by atoms with Crippen molar-refractivity contribution in [2.75, 3.05) is 0 Å². The van der Waals surface area contributed by atoms with Crippen LogP contribution in [0.25, 0.3) is 0 Å². The summed E-state index contributed by atoms with van der Waals surface area (Å²) in [4.78, 5) is 2.72. The molecule has 0 saturated carbocycles. The molecule has 0 aromatic heterocycles. The number of hydrogen-bond acceptors (Lipinski definition) is 1. The molecule has 4 unspecified atom stereocenters. The molecule has 0 aliphatic heterocycles. The van der Waals surface area contributed by atoms with E-state index >= 15 is 0 Å². The highest BCUT2D eigenvalue weighted by Gasteiger charge is 2.28. The van der Waals surface area contributed by atoms with Crippen LogP contribution < -0.4 is 0 Å². The Balaban J connectivity index is 1.70. The molecule has 0 aromatic carbocycles. The highest BCUT2D eigenvalue weighted by Crippen LogP contribution is 2.45. The fourth-order valence-corrected chi connectivity index (χ4v) is 4.71. The molecule has 3 aliphatic rings. The molecule has 3 aliphatic carbocycles. The third kappa shape index (κ3) is 3.15. The van der Waals surface area contributed by atoms with Crippen LogP contribution in [-0.4, -0.2) is 0 Å². The quantitative estimate of drug-likeness (QED) is 0.557. The number of rotatable bonds is 4.